The van der Waals surface area contributed by atoms with E-state index in [1.54, 1.807) is 0 Å². The monoisotopic (exact) mass is 315 g/mol. The lowest BCUT2D eigenvalue weighted by molar-refractivity contribution is 0.0941. The summed E-state index contributed by atoms with van der Waals surface area (Å²) in [4.78, 5) is 6.66. The van der Waals surface area contributed by atoms with Gasteiger partial charge in [0.2, 0.25) is 5.89 Å². The number of hydrogen-bond donors (Lipinski definition) is 1. The number of nitrogens with zero attached hydrogens (tertiary/aromatic N) is 3. The summed E-state index contributed by atoms with van der Waals surface area (Å²) in [6, 6.07) is 6.28. The van der Waals surface area contributed by atoms with Crippen LogP contribution in [0.1, 0.15) is 53.3 Å². The number of β-amino-alcohol motifs (C(OH)–C–C–N with tert-alkyl or cyclic N) is 1. The van der Waals surface area contributed by atoms with Gasteiger partial charge < -0.3 is 14.5 Å². The molecule has 3 rings (SSSR count). The van der Waals surface area contributed by atoms with Crippen LogP contribution in [0.3, 0.4) is 0 Å². The number of benzene rings is 1. The Bertz CT molecular complexity index is 640. The van der Waals surface area contributed by atoms with Crippen molar-refractivity contribution in [2.75, 3.05) is 19.6 Å². The van der Waals surface area contributed by atoms with E-state index in [2.05, 4.69) is 47.1 Å². The quantitative estimate of drug-likeness (QED) is 0.940. The minimum atomic E-state index is -0.434. The number of aliphatic hydroxyl groups is 1. The lowest BCUT2D eigenvalue weighted by Crippen LogP contribution is -2.36. The van der Waals surface area contributed by atoms with E-state index in [4.69, 9.17) is 4.52 Å². The maximum absolute atomic E-state index is 10.5. The Balaban J connectivity index is 1.56. The van der Waals surface area contributed by atoms with Gasteiger partial charge in [0.1, 0.15) is 0 Å². The van der Waals surface area contributed by atoms with Gasteiger partial charge in [0.15, 0.2) is 5.82 Å². The van der Waals surface area contributed by atoms with Crippen LogP contribution in [0.25, 0.3) is 0 Å². The Morgan fingerprint density at radius 1 is 1.17 bits per heavy atom. The summed E-state index contributed by atoms with van der Waals surface area (Å²) in [6.07, 6.45) is 1.57. The third kappa shape index (κ3) is 3.98. The minimum absolute atomic E-state index is 0.353. The molecule has 1 N–H and O–H groups in total. The Morgan fingerprint density at radius 3 is 2.39 bits per heavy atom. The van der Waals surface area contributed by atoms with Gasteiger partial charge in [-0.25, -0.2) is 0 Å². The molecule has 1 aromatic heterocycles. The van der Waals surface area contributed by atoms with Crippen molar-refractivity contribution in [2.24, 2.45) is 0 Å². The first kappa shape index (κ1) is 16.1. The van der Waals surface area contributed by atoms with Crippen LogP contribution in [0.5, 0.6) is 0 Å². The number of rotatable bonds is 4. The van der Waals surface area contributed by atoms with E-state index in [0.29, 0.717) is 18.3 Å². The van der Waals surface area contributed by atoms with E-state index in [0.717, 1.165) is 37.4 Å². The van der Waals surface area contributed by atoms with Crippen LogP contribution in [0.2, 0.25) is 0 Å². The van der Waals surface area contributed by atoms with Gasteiger partial charge in [0, 0.05) is 12.5 Å². The molecule has 23 heavy (non-hydrogen) atoms. The minimum Gasteiger partial charge on any atom is -0.387 e. The van der Waals surface area contributed by atoms with E-state index >= 15 is 0 Å². The summed E-state index contributed by atoms with van der Waals surface area (Å²) in [5.41, 5.74) is 3.41. The average molecular weight is 315 g/mol. The predicted molar refractivity (Wildman–Crippen MR) is 88.3 cm³/mol. The van der Waals surface area contributed by atoms with Crippen LogP contribution >= 0.6 is 0 Å². The summed E-state index contributed by atoms with van der Waals surface area (Å²) in [7, 11) is 0. The molecule has 5 heteroatoms. The molecule has 2 aromatic rings. The molecule has 0 bridgehead atoms. The van der Waals surface area contributed by atoms with E-state index in [9.17, 15) is 5.11 Å². The Morgan fingerprint density at radius 2 is 1.83 bits per heavy atom. The molecule has 1 fully saturated rings. The molecule has 0 amide bonds. The van der Waals surface area contributed by atoms with Gasteiger partial charge in [0.25, 0.3) is 0 Å². The van der Waals surface area contributed by atoms with Crippen LogP contribution in [-0.4, -0.2) is 39.8 Å². The third-order valence-electron chi connectivity index (χ3n) is 4.54. The van der Waals surface area contributed by atoms with Gasteiger partial charge in [-0.1, -0.05) is 34.5 Å². The second kappa shape index (κ2) is 6.81. The van der Waals surface area contributed by atoms with Crippen molar-refractivity contribution in [1.29, 1.82) is 0 Å². The Labute approximate surface area is 137 Å². The molecule has 1 atom stereocenters. The predicted octanol–water partition coefficient (Wildman–Crippen LogP) is 2.91. The first-order valence-electron chi connectivity index (χ1n) is 8.30. The SMILES string of the molecule is Cc1cc(C)cc(C(O)CN2CCC(c3nc(C)no3)CC2)c1. The van der Waals surface area contributed by atoms with Gasteiger partial charge in [-0.15, -0.1) is 0 Å². The Hall–Kier alpha value is -1.72. The smallest absolute Gasteiger partial charge is 0.229 e. The van der Waals surface area contributed by atoms with Gasteiger partial charge in [-0.2, -0.15) is 4.98 Å². The molecule has 5 nitrogen and oxygen atoms in total. The summed E-state index contributed by atoms with van der Waals surface area (Å²) in [6.45, 7) is 8.57. The number of aliphatic hydroxyl groups excluding tert-OH is 1. The van der Waals surface area contributed by atoms with Gasteiger partial charge in [0.05, 0.1) is 6.10 Å². The van der Waals surface area contributed by atoms with Crippen LogP contribution in [-0.2, 0) is 0 Å². The van der Waals surface area contributed by atoms with Crippen molar-refractivity contribution in [2.45, 2.75) is 45.6 Å². The molecule has 1 aromatic carbocycles. The number of aryl methyl sites for hydroxylation is 3. The molecule has 0 saturated carbocycles. The number of piperidine rings is 1. The molecule has 1 unspecified atom stereocenters. The summed E-state index contributed by atoms with van der Waals surface area (Å²) >= 11 is 0. The topological polar surface area (TPSA) is 62.4 Å². The first-order chi connectivity index (χ1) is 11.0. The molecular formula is C18H25N3O2. The molecular weight excluding hydrogens is 290 g/mol. The van der Waals surface area contributed by atoms with E-state index in [1.807, 2.05) is 6.92 Å². The van der Waals surface area contributed by atoms with Crippen LogP contribution in [0.15, 0.2) is 22.7 Å². The second-order valence-corrected chi connectivity index (χ2v) is 6.69. The fourth-order valence-electron chi connectivity index (χ4n) is 3.39. The highest BCUT2D eigenvalue weighted by Crippen LogP contribution is 2.28. The second-order valence-electron chi connectivity index (χ2n) is 6.69. The maximum atomic E-state index is 10.5. The van der Waals surface area contributed by atoms with Crippen LogP contribution in [0, 0.1) is 20.8 Å². The molecule has 1 aliphatic rings. The van der Waals surface area contributed by atoms with Crippen molar-refractivity contribution in [3.05, 3.63) is 46.6 Å². The lowest BCUT2D eigenvalue weighted by Gasteiger charge is -2.31. The zero-order chi connectivity index (χ0) is 16.4. The summed E-state index contributed by atoms with van der Waals surface area (Å²) < 4.78 is 5.29. The molecule has 1 aliphatic heterocycles. The largest absolute Gasteiger partial charge is 0.387 e. The summed E-state index contributed by atoms with van der Waals surface area (Å²) in [5.74, 6) is 1.82. The molecule has 2 heterocycles. The number of hydrogen-bond acceptors (Lipinski definition) is 5. The molecule has 1 saturated heterocycles. The van der Waals surface area contributed by atoms with Crippen molar-refractivity contribution < 1.29 is 9.63 Å². The van der Waals surface area contributed by atoms with E-state index in [-0.39, 0.29) is 0 Å². The van der Waals surface area contributed by atoms with Crippen molar-refractivity contribution in [3.63, 3.8) is 0 Å². The highest BCUT2D eigenvalue weighted by Gasteiger charge is 2.26. The van der Waals surface area contributed by atoms with E-state index in [1.165, 1.54) is 11.1 Å². The highest BCUT2D eigenvalue weighted by atomic mass is 16.5. The molecule has 0 aliphatic carbocycles. The third-order valence-corrected chi connectivity index (χ3v) is 4.54. The van der Waals surface area contributed by atoms with Crippen LogP contribution < -0.4 is 0 Å². The molecule has 0 radical (unpaired) electrons. The zero-order valence-electron chi connectivity index (χ0n) is 14.1. The fourth-order valence-corrected chi connectivity index (χ4v) is 3.39. The summed E-state index contributed by atoms with van der Waals surface area (Å²) in [5, 5.41) is 14.4. The average Bonchev–Trinajstić information content (AvgIpc) is 2.93. The van der Waals surface area contributed by atoms with Gasteiger partial charge in [-0.05, 0) is 52.3 Å². The van der Waals surface area contributed by atoms with Crippen molar-refractivity contribution >= 4 is 0 Å². The van der Waals surface area contributed by atoms with Crippen LogP contribution in [0.4, 0.5) is 0 Å². The number of aromatic nitrogens is 2. The number of likely N-dealkylation sites (tertiary alicyclic amines) is 1. The lowest BCUT2D eigenvalue weighted by atomic mass is 9.96. The highest BCUT2D eigenvalue weighted by molar-refractivity contribution is 5.30. The van der Waals surface area contributed by atoms with E-state index < -0.39 is 6.10 Å². The molecule has 0 spiro atoms. The first-order valence-corrected chi connectivity index (χ1v) is 8.30. The normalized spacial score (nSPS) is 18.3. The van der Waals surface area contributed by atoms with Crippen molar-refractivity contribution in [3.8, 4) is 0 Å². The maximum Gasteiger partial charge on any atom is 0.229 e. The standard InChI is InChI=1S/C18H25N3O2/c1-12-8-13(2)10-16(9-12)17(22)11-21-6-4-15(5-7-21)18-19-14(3)20-23-18/h8-10,15,17,22H,4-7,11H2,1-3H3. The van der Waals surface area contributed by atoms with Crippen molar-refractivity contribution in [1.82, 2.24) is 15.0 Å². The fraction of sp³-hybridized carbons (Fsp3) is 0.556. The molecule has 124 valence electrons. The zero-order valence-corrected chi connectivity index (χ0v) is 14.1. The Kier molecular flexibility index (Phi) is 4.78. The van der Waals surface area contributed by atoms with Gasteiger partial charge >= 0.3 is 0 Å². The van der Waals surface area contributed by atoms with Gasteiger partial charge in [-0.3, -0.25) is 0 Å².